The molecule has 1 saturated heterocycles. The van der Waals surface area contributed by atoms with Crippen LogP contribution in [0.1, 0.15) is 58.9 Å². The molecular formula is C22H33ClN2O3. The Balaban J connectivity index is 1.81. The number of likely N-dealkylation sites (tertiary alicyclic amines) is 1. The summed E-state index contributed by atoms with van der Waals surface area (Å²) < 4.78 is 5.78. The summed E-state index contributed by atoms with van der Waals surface area (Å²) in [6.07, 6.45) is 0.914. The molecule has 28 heavy (non-hydrogen) atoms. The van der Waals surface area contributed by atoms with Crippen molar-refractivity contribution in [2.24, 2.45) is 5.41 Å². The van der Waals surface area contributed by atoms with Gasteiger partial charge in [-0.15, -0.1) is 11.6 Å². The molecule has 2 rings (SSSR count). The van der Waals surface area contributed by atoms with Crippen molar-refractivity contribution in [3.63, 3.8) is 0 Å². The molecule has 1 heterocycles. The molecule has 0 radical (unpaired) electrons. The van der Waals surface area contributed by atoms with Gasteiger partial charge in [-0.25, -0.2) is 0 Å². The van der Waals surface area contributed by atoms with Crippen molar-refractivity contribution in [3.8, 4) is 5.75 Å². The van der Waals surface area contributed by atoms with Crippen LogP contribution < -0.4 is 10.1 Å². The number of piperidine rings is 1. The Hall–Kier alpha value is -1.75. The van der Waals surface area contributed by atoms with Gasteiger partial charge in [0.2, 0.25) is 5.91 Å². The van der Waals surface area contributed by atoms with Gasteiger partial charge in [0, 0.05) is 25.0 Å². The summed E-state index contributed by atoms with van der Waals surface area (Å²) in [6, 6.07) is 7.92. The first-order valence-corrected chi connectivity index (χ1v) is 10.6. The van der Waals surface area contributed by atoms with E-state index >= 15 is 0 Å². The number of hydrogen-bond acceptors (Lipinski definition) is 3. The van der Waals surface area contributed by atoms with Crippen LogP contribution in [0.25, 0.3) is 0 Å². The number of alkyl halides is 1. The van der Waals surface area contributed by atoms with E-state index < -0.39 is 11.5 Å². The van der Waals surface area contributed by atoms with Crippen molar-refractivity contribution < 1.29 is 14.3 Å². The van der Waals surface area contributed by atoms with E-state index in [1.54, 1.807) is 6.92 Å². The summed E-state index contributed by atoms with van der Waals surface area (Å²) in [5, 5.41) is 3.05. The predicted octanol–water partition coefficient (Wildman–Crippen LogP) is 3.95. The van der Waals surface area contributed by atoms with Gasteiger partial charge in [0.15, 0.2) is 6.10 Å². The SMILES string of the molecule is CC(Oc1ccc(C(C)C)cc1)C(=O)NC1CCN(C(=O)C(C)(C)CCl)CC1. The lowest BCUT2D eigenvalue weighted by Crippen LogP contribution is -2.51. The van der Waals surface area contributed by atoms with E-state index in [1.165, 1.54) is 5.56 Å². The number of ether oxygens (including phenoxy) is 1. The van der Waals surface area contributed by atoms with Gasteiger partial charge in [0.05, 0.1) is 5.41 Å². The van der Waals surface area contributed by atoms with E-state index in [4.69, 9.17) is 16.3 Å². The molecule has 2 amide bonds. The molecule has 1 unspecified atom stereocenters. The molecular weight excluding hydrogens is 376 g/mol. The molecule has 5 nitrogen and oxygen atoms in total. The Morgan fingerprint density at radius 3 is 2.25 bits per heavy atom. The van der Waals surface area contributed by atoms with Gasteiger partial charge in [-0.1, -0.05) is 26.0 Å². The maximum atomic E-state index is 12.5. The van der Waals surface area contributed by atoms with Crippen LogP contribution in [0.2, 0.25) is 0 Å². The lowest BCUT2D eigenvalue weighted by molar-refractivity contribution is -0.140. The highest BCUT2D eigenvalue weighted by Crippen LogP contribution is 2.23. The third-order valence-corrected chi connectivity index (χ3v) is 5.94. The number of nitrogens with zero attached hydrogens (tertiary/aromatic N) is 1. The monoisotopic (exact) mass is 408 g/mol. The third-order valence-electron chi connectivity index (χ3n) is 5.27. The van der Waals surface area contributed by atoms with Crippen molar-refractivity contribution in [1.29, 1.82) is 0 Å². The van der Waals surface area contributed by atoms with Gasteiger partial charge in [0.25, 0.3) is 5.91 Å². The van der Waals surface area contributed by atoms with Crippen molar-refractivity contribution in [3.05, 3.63) is 29.8 Å². The van der Waals surface area contributed by atoms with Gasteiger partial charge in [-0.3, -0.25) is 9.59 Å². The molecule has 1 fully saturated rings. The molecule has 1 aliphatic rings. The van der Waals surface area contributed by atoms with E-state index in [1.807, 2.05) is 43.0 Å². The normalized spacial score (nSPS) is 16.8. The lowest BCUT2D eigenvalue weighted by Gasteiger charge is -2.36. The molecule has 0 aromatic heterocycles. The quantitative estimate of drug-likeness (QED) is 0.695. The molecule has 1 aromatic rings. The number of carbonyl (C=O) groups excluding carboxylic acids is 2. The number of benzene rings is 1. The Morgan fingerprint density at radius 2 is 1.75 bits per heavy atom. The Kier molecular flexibility index (Phi) is 7.76. The Labute approximate surface area is 173 Å². The van der Waals surface area contributed by atoms with E-state index in [2.05, 4.69) is 19.2 Å². The van der Waals surface area contributed by atoms with E-state index in [-0.39, 0.29) is 17.9 Å². The summed E-state index contributed by atoms with van der Waals surface area (Å²) in [6.45, 7) is 11.0. The molecule has 1 atom stereocenters. The standard InChI is InChI=1S/C22H33ClN2O3/c1-15(2)17-6-8-19(9-7-17)28-16(3)20(26)24-18-10-12-25(13-11-18)21(27)22(4,5)14-23/h6-9,15-16,18H,10-14H2,1-5H3,(H,24,26). The van der Waals surface area contributed by atoms with Gasteiger partial charge >= 0.3 is 0 Å². The first-order valence-electron chi connectivity index (χ1n) is 10.1. The molecule has 156 valence electrons. The largest absolute Gasteiger partial charge is 0.481 e. The average Bonchev–Trinajstić information content (AvgIpc) is 2.68. The van der Waals surface area contributed by atoms with Crippen LogP contribution in [-0.2, 0) is 9.59 Å². The first-order chi connectivity index (χ1) is 13.1. The zero-order chi connectivity index (χ0) is 20.9. The fourth-order valence-corrected chi connectivity index (χ4v) is 3.33. The molecule has 1 aromatic carbocycles. The number of carbonyl (C=O) groups is 2. The lowest BCUT2D eigenvalue weighted by atomic mass is 9.92. The predicted molar refractivity (Wildman–Crippen MR) is 113 cm³/mol. The summed E-state index contributed by atoms with van der Waals surface area (Å²) in [5.41, 5.74) is 0.689. The highest BCUT2D eigenvalue weighted by atomic mass is 35.5. The number of amides is 2. The maximum absolute atomic E-state index is 12.5. The van der Waals surface area contributed by atoms with Crippen LogP contribution in [-0.4, -0.2) is 47.8 Å². The highest BCUT2D eigenvalue weighted by molar-refractivity contribution is 6.19. The Morgan fingerprint density at radius 1 is 1.18 bits per heavy atom. The zero-order valence-corrected chi connectivity index (χ0v) is 18.4. The summed E-state index contributed by atoms with van der Waals surface area (Å²) >= 11 is 5.91. The van der Waals surface area contributed by atoms with E-state index in [0.717, 1.165) is 12.8 Å². The van der Waals surface area contributed by atoms with Gasteiger partial charge in [-0.2, -0.15) is 0 Å². The van der Waals surface area contributed by atoms with Crippen molar-refractivity contribution in [1.82, 2.24) is 10.2 Å². The minimum Gasteiger partial charge on any atom is -0.481 e. The molecule has 0 aliphatic carbocycles. The maximum Gasteiger partial charge on any atom is 0.260 e. The Bertz CT molecular complexity index is 665. The van der Waals surface area contributed by atoms with Crippen molar-refractivity contribution >= 4 is 23.4 Å². The highest BCUT2D eigenvalue weighted by Gasteiger charge is 2.33. The van der Waals surface area contributed by atoms with E-state index in [9.17, 15) is 9.59 Å². The van der Waals surface area contributed by atoms with Crippen LogP contribution in [0.3, 0.4) is 0 Å². The van der Waals surface area contributed by atoms with Crippen LogP contribution >= 0.6 is 11.6 Å². The summed E-state index contributed by atoms with van der Waals surface area (Å²) in [7, 11) is 0. The zero-order valence-electron chi connectivity index (χ0n) is 17.6. The average molecular weight is 409 g/mol. The first kappa shape index (κ1) is 22.5. The molecule has 1 aliphatic heterocycles. The van der Waals surface area contributed by atoms with Gasteiger partial charge in [-0.05, 0) is 57.2 Å². The van der Waals surface area contributed by atoms with Crippen molar-refractivity contribution in [2.75, 3.05) is 19.0 Å². The summed E-state index contributed by atoms with van der Waals surface area (Å²) in [4.78, 5) is 26.8. The minimum atomic E-state index is -0.570. The number of halogens is 1. The topological polar surface area (TPSA) is 58.6 Å². The fraction of sp³-hybridized carbons (Fsp3) is 0.636. The number of nitrogens with one attached hydrogen (secondary N) is 1. The second kappa shape index (κ2) is 9.64. The van der Waals surface area contributed by atoms with Crippen LogP contribution in [0.15, 0.2) is 24.3 Å². The van der Waals surface area contributed by atoms with Crippen LogP contribution in [0.4, 0.5) is 0 Å². The van der Waals surface area contributed by atoms with E-state index in [0.29, 0.717) is 30.6 Å². The molecule has 0 bridgehead atoms. The van der Waals surface area contributed by atoms with Gasteiger partial charge < -0.3 is 15.0 Å². The number of rotatable bonds is 7. The molecule has 0 saturated carbocycles. The fourth-order valence-electron chi connectivity index (χ4n) is 3.22. The smallest absolute Gasteiger partial charge is 0.260 e. The minimum absolute atomic E-state index is 0.0602. The van der Waals surface area contributed by atoms with Crippen molar-refractivity contribution in [2.45, 2.75) is 65.5 Å². The molecule has 1 N–H and O–H groups in total. The second-order valence-electron chi connectivity index (χ2n) is 8.58. The second-order valence-corrected chi connectivity index (χ2v) is 8.84. The van der Waals surface area contributed by atoms with Gasteiger partial charge in [0.1, 0.15) is 5.75 Å². The molecule has 6 heteroatoms. The number of hydrogen-bond donors (Lipinski definition) is 1. The third kappa shape index (κ3) is 5.87. The molecule has 0 spiro atoms. The van der Waals surface area contributed by atoms with Crippen LogP contribution in [0.5, 0.6) is 5.75 Å². The van der Waals surface area contributed by atoms with Crippen LogP contribution in [0, 0.1) is 5.41 Å². The summed E-state index contributed by atoms with van der Waals surface area (Å²) in [5.74, 6) is 1.40.